The van der Waals surface area contributed by atoms with E-state index in [1.54, 1.807) is 0 Å². The van der Waals surface area contributed by atoms with Crippen LogP contribution in [0.15, 0.2) is 12.4 Å². The number of nitrogens with one attached hydrogen (secondary N) is 2. The second kappa shape index (κ2) is 6.20. The quantitative estimate of drug-likeness (QED) is 0.798. The highest BCUT2D eigenvalue weighted by atomic mass is 14.9. The van der Waals surface area contributed by atoms with Gasteiger partial charge in [0, 0.05) is 24.9 Å². The van der Waals surface area contributed by atoms with E-state index in [-0.39, 0.29) is 0 Å². The number of H-pyrrole nitrogens is 1. The monoisotopic (exact) mass is 237 g/mol. The van der Waals surface area contributed by atoms with Gasteiger partial charge in [0.1, 0.15) is 5.82 Å². The number of aromatic amines is 1. The molecule has 0 fully saturated rings. The van der Waals surface area contributed by atoms with Crippen molar-refractivity contribution < 1.29 is 0 Å². The van der Waals surface area contributed by atoms with Crippen LogP contribution in [-0.2, 0) is 6.42 Å². The number of nitrogens with zero attached hydrogens (tertiary/aromatic N) is 1. The highest BCUT2D eigenvalue weighted by molar-refractivity contribution is 4.91. The third kappa shape index (κ3) is 5.87. The first-order valence-corrected chi connectivity index (χ1v) is 6.56. The van der Waals surface area contributed by atoms with E-state index >= 15 is 0 Å². The van der Waals surface area contributed by atoms with E-state index < -0.39 is 0 Å². The Morgan fingerprint density at radius 2 is 2.12 bits per heavy atom. The van der Waals surface area contributed by atoms with Gasteiger partial charge in [-0.1, -0.05) is 27.7 Å². The molecule has 17 heavy (non-hydrogen) atoms. The zero-order valence-corrected chi connectivity index (χ0v) is 11.9. The summed E-state index contributed by atoms with van der Waals surface area (Å²) in [4.78, 5) is 7.46. The van der Waals surface area contributed by atoms with Gasteiger partial charge in [0.2, 0.25) is 0 Å². The number of aromatic nitrogens is 2. The molecule has 1 aromatic heterocycles. The lowest BCUT2D eigenvalue weighted by Crippen LogP contribution is -2.30. The number of rotatable bonds is 6. The minimum atomic E-state index is 0.419. The fourth-order valence-electron chi connectivity index (χ4n) is 2.56. The van der Waals surface area contributed by atoms with E-state index in [4.69, 9.17) is 0 Å². The molecule has 1 rings (SSSR count). The van der Waals surface area contributed by atoms with Crippen molar-refractivity contribution in [2.45, 2.75) is 53.0 Å². The Bertz CT molecular complexity index is 298. The largest absolute Gasteiger partial charge is 0.349 e. The summed E-state index contributed by atoms with van der Waals surface area (Å²) in [6, 6.07) is 0.513. The molecule has 2 N–H and O–H groups in total. The molecule has 0 aliphatic carbocycles. The van der Waals surface area contributed by atoms with Crippen molar-refractivity contribution in [3.63, 3.8) is 0 Å². The second-order valence-electron chi connectivity index (χ2n) is 6.33. The van der Waals surface area contributed by atoms with Gasteiger partial charge in [-0.25, -0.2) is 4.98 Å². The number of hydrogen-bond donors (Lipinski definition) is 2. The first-order chi connectivity index (χ1) is 7.90. The van der Waals surface area contributed by atoms with E-state index in [1.807, 2.05) is 19.4 Å². The molecule has 3 nitrogen and oxygen atoms in total. The molecule has 1 aromatic rings. The molecule has 2 unspecified atom stereocenters. The topological polar surface area (TPSA) is 40.7 Å². The van der Waals surface area contributed by atoms with Crippen LogP contribution in [0.25, 0.3) is 0 Å². The average Bonchev–Trinajstić information content (AvgIpc) is 2.66. The molecular formula is C14H27N3. The van der Waals surface area contributed by atoms with E-state index in [9.17, 15) is 0 Å². The lowest BCUT2D eigenvalue weighted by Gasteiger charge is -2.26. The first-order valence-electron chi connectivity index (χ1n) is 6.56. The van der Waals surface area contributed by atoms with Gasteiger partial charge in [0.25, 0.3) is 0 Å². The Kier molecular flexibility index (Phi) is 5.19. The summed E-state index contributed by atoms with van der Waals surface area (Å²) in [5.41, 5.74) is 0.419. The Morgan fingerprint density at radius 1 is 1.41 bits per heavy atom. The maximum absolute atomic E-state index is 4.29. The molecule has 3 heteroatoms. The summed E-state index contributed by atoms with van der Waals surface area (Å²) in [7, 11) is 2.04. The predicted octanol–water partition coefficient (Wildman–Crippen LogP) is 3.00. The molecule has 0 amide bonds. The number of likely N-dealkylation sites (N-methyl/N-ethyl adjacent to an activating group) is 1. The lowest BCUT2D eigenvalue weighted by atomic mass is 9.82. The fraction of sp³-hybridized carbons (Fsp3) is 0.786. The van der Waals surface area contributed by atoms with Crippen LogP contribution in [0.2, 0.25) is 0 Å². The van der Waals surface area contributed by atoms with Gasteiger partial charge in [-0.15, -0.1) is 0 Å². The van der Waals surface area contributed by atoms with Crippen LogP contribution < -0.4 is 5.32 Å². The summed E-state index contributed by atoms with van der Waals surface area (Å²) >= 11 is 0. The molecule has 0 saturated heterocycles. The third-order valence-electron chi connectivity index (χ3n) is 3.05. The molecule has 0 saturated carbocycles. The van der Waals surface area contributed by atoms with Crippen molar-refractivity contribution in [3.05, 3.63) is 18.2 Å². The molecular weight excluding hydrogens is 210 g/mol. The van der Waals surface area contributed by atoms with Crippen LogP contribution in [0.4, 0.5) is 0 Å². The molecule has 2 atom stereocenters. The molecule has 98 valence electrons. The zero-order valence-electron chi connectivity index (χ0n) is 11.9. The average molecular weight is 237 g/mol. The Hall–Kier alpha value is -0.830. The van der Waals surface area contributed by atoms with Crippen LogP contribution in [-0.4, -0.2) is 23.1 Å². The second-order valence-corrected chi connectivity index (χ2v) is 6.33. The van der Waals surface area contributed by atoms with Crippen molar-refractivity contribution in [1.82, 2.24) is 15.3 Å². The number of imidazole rings is 1. The van der Waals surface area contributed by atoms with Gasteiger partial charge < -0.3 is 10.3 Å². The molecule has 1 heterocycles. The van der Waals surface area contributed by atoms with E-state index in [0.29, 0.717) is 11.5 Å². The van der Waals surface area contributed by atoms with Crippen molar-refractivity contribution in [2.75, 3.05) is 7.05 Å². The smallest absolute Gasteiger partial charge is 0.107 e. The van der Waals surface area contributed by atoms with Gasteiger partial charge in [-0.05, 0) is 31.2 Å². The molecule has 0 radical (unpaired) electrons. The highest BCUT2D eigenvalue weighted by Crippen LogP contribution is 2.27. The van der Waals surface area contributed by atoms with Gasteiger partial charge in [0.15, 0.2) is 0 Å². The lowest BCUT2D eigenvalue weighted by molar-refractivity contribution is 0.277. The van der Waals surface area contributed by atoms with Crippen LogP contribution in [0.1, 0.15) is 46.4 Å². The first kappa shape index (κ1) is 14.2. The van der Waals surface area contributed by atoms with Crippen LogP contribution in [0, 0.1) is 11.3 Å². The van der Waals surface area contributed by atoms with E-state index in [1.165, 1.54) is 12.8 Å². The van der Waals surface area contributed by atoms with Crippen LogP contribution >= 0.6 is 0 Å². The van der Waals surface area contributed by atoms with Crippen LogP contribution in [0.5, 0.6) is 0 Å². The molecule has 0 spiro atoms. The molecule has 0 aliphatic heterocycles. The van der Waals surface area contributed by atoms with Gasteiger partial charge >= 0.3 is 0 Å². The maximum Gasteiger partial charge on any atom is 0.107 e. The minimum Gasteiger partial charge on any atom is -0.349 e. The summed E-state index contributed by atoms with van der Waals surface area (Å²) < 4.78 is 0. The molecule has 0 aromatic carbocycles. The number of hydrogen-bond acceptors (Lipinski definition) is 2. The van der Waals surface area contributed by atoms with E-state index in [2.05, 4.69) is 43.0 Å². The van der Waals surface area contributed by atoms with Gasteiger partial charge in [-0.3, -0.25) is 0 Å². The van der Waals surface area contributed by atoms with Gasteiger partial charge in [-0.2, -0.15) is 0 Å². The molecule has 0 aliphatic rings. The van der Waals surface area contributed by atoms with Crippen LogP contribution in [0.3, 0.4) is 0 Å². The van der Waals surface area contributed by atoms with Crippen molar-refractivity contribution in [1.29, 1.82) is 0 Å². The maximum atomic E-state index is 4.29. The summed E-state index contributed by atoms with van der Waals surface area (Å²) in [5.74, 6) is 1.81. The highest BCUT2D eigenvalue weighted by Gasteiger charge is 2.19. The van der Waals surface area contributed by atoms with Gasteiger partial charge in [0.05, 0.1) is 0 Å². The molecule has 0 bridgehead atoms. The Labute approximate surface area is 105 Å². The van der Waals surface area contributed by atoms with Crippen molar-refractivity contribution in [2.24, 2.45) is 11.3 Å². The standard InChI is InChI=1S/C14H27N3/c1-11(10-14(2,3)4)8-12(15-5)9-13-16-6-7-17-13/h6-7,11-12,15H,8-10H2,1-5H3,(H,16,17). The fourth-order valence-corrected chi connectivity index (χ4v) is 2.56. The summed E-state index contributed by atoms with van der Waals surface area (Å²) in [6.07, 6.45) is 7.16. The van der Waals surface area contributed by atoms with E-state index in [0.717, 1.165) is 18.2 Å². The van der Waals surface area contributed by atoms with Crippen molar-refractivity contribution in [3.8, 4) is 0 Å². The predicted molar refractivity (Wildman–Crippen MR) is 73.0 cm³/mol. The Morgan fingerprint density at radius 3 is 2.59 bits per heavy atom. The Balaban J connectivity index is 2.41. The third-order valence-corrected chi connectivity index (χ3v) is 3.05. The SMILES string of the molecule is CNC(Cc1ncc[nH]1)CC(C)CC(C)(C)C. The van der Waals surface area contributed by atoms with Crippen molar-refractivity contribution >= 4 is 0 Å². The minimum absolute atomic E-state index is 0.419. The summed E-state index contributed by atoms with van der Waals surface area (Å²) in [5, 5.41) is 3.40. The normalized spacial score (nSPS) is 15.8. The summed E-state index contributed by atoms with van der Waals surface area (Å²) in [6.45, 7) is 9.27. The zero-order chi connectivity index (χ0) is 12.9.